The van der Waals surface area contributed by atoms with Gasteiger partial charge in [0.15, 0.2) is 0 Å². The van der Waals surface area contributed by atoms with Crippen molar-refractivity contribution in [1.29, 1.82) is 0 Å². The van der Waals surface area contributed by atoms with Gasteiger partial charge in [-0.05, 0) is 24.3 Å². The summed E-state index contributed by atoms with van der Waals surface area (Å²) in [7, 11) is 0. The van der Waals surface area contributed by atoms with Crippen molar-refractivity contribution in [2.45, 2.75) is 0 Å². The molecule has 1 aromatic carbocycles. The number of benzene rings is 1. The molecular weight excluding hydrogens is 330 g/mol. The zero-order valence-electron chi connectivity index (χ0n) is 14.2. The number of imidazole rings is 1. The molecule has 4 rings (SSSR count). The van der Waals surface area contributed by atoms with E-state index >= 15 is 0 Å². The van der Waals surface area contributed by atoms with E-state index in [1.807, 2.05) is 42.5 Å². The first-order valence-corrected chi connectivity index (χ1v) is 8.49. The lowest BCUT2D eigenvalue weighted by atomic mass is 10.3. The van der Waals surface area contributed by atoms with E-state index in [9.17, 15) is 4.79 Å². The fraction of sp³-hybridized carbons (Fsp3) is 0.211. The van der Waals surface area contributed by atoms with E-state index in [4.69, 9.17) is 4.74 Å². The molecule has 1 N–H and O–H groups in total. The first-order chi connectivity index (χ1) is 12.8. The van der Waals surface area contributed by atoms with Crippen LogP contribution >= 0.6 is 0 Å². The summed E-state index contributed by atoms with van der Waals surface area (Å²) in [5, 5.41) is 2.88. The summed E-state index contributed by atoms with van der Waals surface area (Å²) >= 11 is 0. The highest BCUT2D eigenvalue weighted by Gasteiger charge is 2.15. The van der Waals surface area contributed by atoms with E-state index in [2.05, 4.69) is 20.2 Å². The molecule has 132 valence electrons. The Morgan fingerprint density at radius 2 is 1.85 bits per heavy atom. The second-order valence-corrected chi connectivity index (χ2v) is 5.94. The Morgan fingerprint density at radius 3 is 2.58 bits per heavy atom. The quantitative estimate of drug-likeness (QED) is 0.783. The molecule has 1 saturated heterocycles. The molecule has 7 heteroatoms. The number of rotatable bonds is 4. The third kappa shape index (κ3) is 3.43. The number of morpholine rings is 1. The Morgan fingerprint density at radius 1 is 1.04 bits per heavy atom. The van der Waals surface area contributed by atoms with Gasteiger partial charge in [-0.2, -0.15) is 0 Å². The molecular formula is C19H19N5O2. The monoisotopic (exact) mass is 349 g/mol. The van der Waals surface area contributed by atoms with Crippen LogP contribution < -0.4 is 10.2 Å². The molecule has 0 unspecified atom stereocenters. The van der Waals surface area contributed by atoms with Crippen molar-refractivity contribution in [2.24, 2.45) is 0 Å². The summed E-state index contributed by atoms with van der Waals surface area (Å²) in [6, 6.07) is 13.4. The van der Waals surface area contributed by atoms with Crippen molar-refractivity contribution in [3.05, 3.63) is 66.9 Å². The van der Waals surface area contributed by atoms with E-state index in [1.54, 1.807) is 23.3 Å². The van der Waals surface area contributed by atoms with E-state index in [1.165, 1.54) is 0 Å². The lowest BCUT2D eigenvalue weighted by Crippen LogP contribution is -2.36. The SMILES string of the molecule is O=C(Nc1ccc(N2CCOCC2)nc1)c1cncn1-c1ccccc1. The molecule has 2 aromatic heterocycles. The standard InChI is InChI=1S/C19H19N5O2/c25-19(17-13-20-14-24(17)16-4-2-1-3-5-16)22-15-6-7-18(21-12-15)23-8-10-26-11-9-23/h1-7,12-14H,8-11H2,(H,22,25). The molecule has 3 aromatic rings. The number of carbonyl (C=O) groups is 1. The van der Waals surface area contributed by atoms with Gasteiger partial charge in [0.05, 0.1) is 37.6 Å². The minimum Gasteiger partial charge on any atom is -0.378 e. The van der Waals surface area contributed by atoms with Gasteiger partial charge in [0.1, 0.15) is 11.5 Å². The number of amides is 1. The summed E-state index contributed by atoms with van der Waals surface area (Å²) in [4.78, 5) is 23.4. The second kappa shape index (κ2) is 7.37. The molecule has 7 nitrogen and oxygen atoms in total. The normalized spacial score (nSPS) is 14.2. The zero-order valence-corrected chi connectivity index (χ0v) is 14.2. The third-order valence-electron chi connectivity index (χ3n) is 4.25. The van der Waals surface area contributed by atoms with Crippen LogP contribution in [0.5, 0.6) is 0 Å². The molecule has 0 radical (unpaired) electrons. The van der Waals surface area contributed by atoms with E-state index < -0.39 is 0 Å². The molecule has 26 heavy (non-hydrogen) atoms. The van der Waals surface area contributed by atoms with Crippen molar-refractivity contribution >= 4 is 17.4 Å². The maximum Gasteiger partial charge on any atom is 0.274 e. The fourth-order valence-electron chi connectivity index (χ4n) is 2.89. The molecule has 1 fully saturated rings. The number of para-hydroxylation sites is 1. The summed E-state index contributed by atoms with van der Waals surface area (Å²) in [6.07, 6.45) is 4.85. The van der Waals surface area contributed by atoms with Crippen LogP contribution in [0.4, 0.5) is 11.5 Å². The summed E-state index contributed by atoms with van der Waals surface area (Å²) in [5.74, 6) is 0.660. The average Bonchev–Trinajstić information content (AvgIpc) is 3.20. The Labute approximate surface area is 151 Å². The Bertz CT molecular complexity index is 870. The van der Waals surface area contributed by atoms with Crippen molar-refractivity contribution in [1.82, 2.24) is 14.5 Å². The number of ether oxygens (including phenoxy) is 1. The lowest BCUT2D eigenvalue weighted by molar-refractivity contribution is 0.102. The van der Waals surface area contributed by atoms with Crippen LogP contribution in [0.25, 0.3) is 5.69 Å². The highest BCUT2D eigenvalue weighted by Crippen LogP contribution is 2.17. The second-order valence-electron chi connectivity index (χ2n) is 5.94. The summed E-state index contributed by atoms with van der Waals surface area (Å²) < 4.78 is 7.11. The first kappa shape index (κ1) is 16.3. The number of carbonyl (C=O) groups excluding carboxylic acids is 1. The van der Waals surface area contributed by atoms with Crippen LogP contribution in [0.2, 0.25) is 0 Å². The molecule has 1 amide bonds. The number of hydrogen-bond acceptors (Lipinski definition) is 5. The van der Waals surface area contributed by atoms with Crippen LogP contribution in [0, 0.1) is 0 Å². The van der Waals surface area contributed by atoms with Crippen molar-refractivity contribution < 1.29 is 9.53 Å². The van der Waals surface area contributed by atoms with E-state index in [0.717, 1.165) is 24.6 Å². The zero-order chi connectivity index (χ0) is 17.8. The van der Waals surface area contributed by atoms with E-state index in [0.29, 0.717) is 24.6 Å². The molecule has 1 aliphatic heterocycles. The Kier molecular flexibility index (Phi) is 4.61. The van der Waals surface area contributed by atoms with Gasteiger partial charge in [-0.3, -0.25) is 9.36 Å². The molecule has 0 bridgehead atoms. The highest BCUT2D eigenvalue weighted by atomic mass is 16.5. The van der Waals surface area contributed by atoms with Crippen LogP contribution in [-0.4, -0.2) is 46.7 Å². The van der Waals surface area contributed by atoms with Crippen molar-refractivity contribution in [3.8, 4) is 5.69 Å². The lowest BCUT2D eigenvalue weighted by Gasteiger charge is -2.27. The topological polar surface area (TPSA) is 72.3 Å². The number of nitrogens with one attached hydrogen (secondary N) is 1. The summed E-state index contributed by atoms with van der Waals surface area (Å²) in [6.45, 7) is 3.08. The smallest absolute Gasteiger partial charge is 0.274 e. The molecule has 1 aliphatic rings. The molecule has 0 atom stereocenters. The largest absolute Gasteiger partial charge is 0.378 e. The number of nitrogens with zero attached hydrogens (tertiary/aromatic N) is 4. The van der Waals surface area contributed by atoms with Crippen LogP contribution in [0.15, 0.2) is 61.2 Å². The molecule has 3 heterocycles. The van der Waals surface area contributed by atoms with Gasteiger partial charge in [-0.25, -0.2) is 9.97 Å². The third-order valence-corrected chi connectivity index (χ3v) is 4.25. The molecule has 0 aliphatic carbocycles. The number of hydrogen-bond donors (Lipinski definition) is 1. The van der Waals surface area contributed by atoms with Gasteiger partial charge in [0.25, 0.3) is 5.91 Å². The van der Waals surface area contributed by atoms with Crippen LogP contribution in [-0.2, 0) is 4.74 Å². The van der Waals surface area contributed by atoms with Crippen LogP contribution in [0.1, 0.15) is 10.5 Å². The number of anilines is 2. The van der Waals surface area contributed by atoms with Crippen LogP contribution in [0.3, 0.4) is 0 Å². The maximum absolute atomic E-state index is 12.6. The summed E-state index contributed by atoms with van der Waals surface area (Å²) in [5.41, 5.74) is 2.00. The Balaban J connectivity index is 1.48. The highest BCUT2D eigenvalue weighted by molar-refractivity contribution is 6.03. The first-order valence-electron chi connectivity index (χ1n) is 8.49. The van der Waals surface area contributed by atoms with Gasteiger partial charge in [-0.15, -0.1) is 0 Å². The minimum atomic E-state index is -0.229. The van der Waals surface area contributed by atoms with Crippen molar-refractivity contribution in [3.63, 3.8) is 0 Å². The predicted molar refractivity (Wildman–Crippen MR) is 98.8 cm³/mol. The van der Waals surface area contributed by atoms with Gasteiger partial charge >= 0.3 is 0 Å². The molecule has 0 saturated carbocycles. The van der Waals surface area contributed by atoms with Gasteiger partial charge in [0, 0.05) is 18.8 Å². The predicted octanol–water partition coefficient (Wildman–Crippen LogP) is 2.36. The van der Waals surface area contributed by atoms with Gasteiger partial charge in [-0.1, -0.05) is 18.2 Å². The molecule has 0 spiro atoms. The number of aromatic nitrogens is 3. The maximum atomic E-state index is 12.6. The Hall–Kier alpha value is -3.19. The van der Waals surface area contributed by atoms with Crippen molar-refractivity contribution in [2.75, 3.05) is 36.5 Å². The average molecular weight is 349 g/mol. The van der Waals surface area contributed by atoms with Gasteiger partial charge < -0.3 is 15.0 Å². The number of pyridine rings is 1. The van der Waals surface area contributed by atoms with Gasteiger partial charge in [0.2, 0.25) is 0 Å². The van der Waals surface area contributed by atoms with E-state index in [-0.39, 0.29) is 5.91 Å². The fourth-order valence-corrected chi connectivity index (χ4v) is 2.89. The minimum absolute atomic E-state index is 0.229.